The normalized spacial score (nSPS) is 12.1. The van der Waals surface area contributed by atoms with Gasteiger partial charge in [0, 0.05) is 20.6 Å². The Kier molecular flexibility index (Phi) is 5.52. The van der Waals surface area contributed by atoms with Crippen LogP contribution in [0.15, 0.2) is 22.8 Å². The lowest BCUT2D eigenvalue weighted by atomic mass is 10.4. The average molecular weight is 290 g/mol. The smallest absolute Gasteiger partial charge is 0.306 e. The minimum atomic E-state index is -3.62. The van der Waals surface area contributed by atoms with Crippen LogP contribution >= 0.6 is 0 Å². The number of carbonyl (C=O) groups excluding carboxylic acids is 1. The largest absolute Gasteiger partial charge is 0.469 e. The summed E-state index contributed by atoms with van der Waals surface area (Å²) in [5, 5.41) is 0. The number of hydrogen-bond donors (Lipinski definition) is 0. The zero-order chi connectivity index (χ0) is 14.5. The second-order valence-corrected chi connectivity index (χ2v) is 6.13. The van der Waals surface area contributed by atoms with E-state index in [0.717, 1.165) is 8.61 Å². The fourth-order valence-electron chi connectivity index (χ4n) is 1.41. The zero-order valence-corrected chi connectivity index (χ0v) is 12.0. The predicted octanol–water partition coefficient (Wildman–Crippen LogP) is 0.451. The van der Waals surface area contributed by atoms with Gasteiger partial charge in [-0.2, -0.15) is 17.0 Å². The van der Waals surface area contributed by atoms with Crippen LogP contribution in [0.1, 0.15) is 12.2 Å². The van der Waals surface area contributed by atoms with Crippen molar-refractivity contribution >= 4 is 16.2 Å². The summed E-state index contributed by atoms with van der Waals surface area (Å²) in [6.07, 6.45) is 1.50. The van der Waals surface area contributed by atoms with Gasteiger partial charge < -0.3 is 9.15 Å². The molecule has 7 nitrogen and oxygen atoms in total. The van der Waals surface area contributed by atoms with Gasteiger partial charge in [-0.3, -0.25) is 4.79 Å². The van der Waals surface area contributed by atoms with Gasteiger partial charge >= 0.3 is 5.97 Å². The number of methoxy groups -OCH3 is 1. The SMILES string of the molecule is COC(=O)CCN(C)S(=O)(=O)N(C)Cc1ccco1. The van der Waals surface area contributed by atoms with Gasteiger partial charge in [0.15, 0.2) is 0 Å². The van der Waals surface area contributed by atoms with Gasteiger partial charge in [0.1, 0.15) is 5.76 Å². The Bertz CT molecular complexity index is 497. The summed E-state index contributed by atoms with van der Waals surface area (Å²) in [5.41, 5.74) is 0. The van der Waals surface area contributed by atoms with E-state index in [1.807, 2.05) is 0 Å². The molecule has 0 aliphatic heterocycles. The van der Waals surface area contributed by atoms with E-state index in [2.05, 4.69) is 4.74 Å². The van der Waals surface area contributed by atoms with Gasteiger partial charge in [-0.1, -0.05) is 0 Å². The molecule has 108 valence electrons. The summed E-state index contributed by atoms with van der Waals surface area (Å²) >= 11 is 0. The number of esters is 1. The zero-order valence-electron chi connectivity index (χ0n) is 11.2. The molecule has 0 aliphatic rings. The van der Waals surface area contributed by atoms with E-state index in [-0.39, 0.29) is 19.5 Å². The summed E-state index contributed by atoms with van der Waals surface area (Å²) < 4.78 is 36.1. The first-order chi connectivity index (χ1) is 8.87. The first-order valence-electron chi connectivity index (χ1n) is 5.64. The molecule has 1 rings (SSSR count). The van der Waals surface area contributed by atoms with E-state index in [0.29, 0.717) is 5.76 Å². The molecule has 1 aromatic heterocycles. The molecule has 0 unspecified atom stereocenters. The Hall–Kier alpha value is -1.38. The van der Waals surface area contributed by atoms with Crippen LogP contribution in [-0.2, 0) is 26.3 Å². The Balaban J connectivity index is 2.60. The Morgan fingerprint density at radius 1 is 1.37 bits per heavy atom. The van der Waals surface area contributed by atoms with E-state index >= 15 is 0 Å². The minimum absolute atomic E-state index is 0.0147. The van der Waals surface area contributed by atoms with Crippen molar-refractivity contribution in [3.8, 4) is 0 Å². The summed E-state index contributed by atoms with van der Waals surface area (Å²) in [6, 6.07) is 3.39. The van der Waals surface area contributed by atoms with E-state index < -0.39 is 16.2 Å². The number of hydrogen-bond acceptors (Lipinski definition) is 5. The molecule has 0 aromatic carbocycles. The number of rotatable bonds is 7. The maximum Gasteiger partial charge on any atom is 0.306 e. The second-order valence-electron chi connectivity index (χ2n) is 3.99. The predicted molar refractivity (Wildman–Crippen MR) is 68.4 cm³/mol. The Morgan fingerprint density at radius 3 is 2.58 bits per heavy atom. The summed E-state index contributed by atoms with van der Waals surface area (Å²) in [6.45, 7) is 0.204. The number of furan rings is 1. The molecule has 0 aliphatic carbocycles. The average Bonchev–Trinajstić information content (AvgIpc) is 2.87. The van der Waals surface area contributed by atoms with Gasteiger partial charge in [-0.25, -0.2) is 0 Å². The molecular formula is C11H18N2O5S. The van der Waals surface area contributed by atoms with E-state index in [4.69, 9.17) is 4.42 Å². The Morgan fingerprint density at radius 2 is 2.05 bits per heavy atom. The highest BCUT2D eigenvalue weighted by atomic mass is 32.2. The lowest BCUT2D eigenvalue weighted by Gasteiger charge is -2.23. The maximum absolute atomic E-state index is 12.1. The molecule has 0 spiro atoms. The van der Waals surface area contributed by atoms with Crippen LogP contribution in [0.5, 0.6) is 0 Å². The molecule has 0 N–H and O–H groups in total. The van der Waals surface area contributed by atoms with Crippen molar-refractivity contribution in [2.24, 2.45) is 0 Å². The molecule has 1 heterocycles. The monoisotopic (exact) mass is 290 g/mol. The molecule has 0 fully saturated rings. The van der Waals surface area contributed by atoms with Crippen molar-refractivity contribution < 1.29 is 22.4 Å². The molecule has 0 bridgehead atoms. The van der Waals surface area contributed by atoms with Crippen molar-refractivity contribution in [3.05, 3.63) is 24.2 Å². The highest BCUT2D eigenvalue weighted by molar-refractivity contribution is 7.86. The quantitative estimate of drug-likeness (QED) is 0.681. The van der Waals surface area contributed by atoms with Crippen LogP contribution in [-0.4, -0.2) is 50.7 Å². The highest BCUT2D eigenvalue weighted by Gasteiger charge is 2.24. The van der Waals surface area contributed by atoms with Crippen molar-refractivity contribution in [1.82, 2.24) is 8.61 Å². The van der Waals surface area contributed by atoms with Gasteiger partial charge in [0.05, 0.1) is 26.3 Å². The van der Waals surface area contributed by atoms with Crippen LogP contribution in [0.25, 0.3) is 0 Å². The van der Waals surface area contributed by atoms with Gasteiger partial charge in [-0.15, -0.1) is 0 Å². The van der Waals surface area contributed by atoms with Crippen molar-refractivity contribution in [1.29, 1.82) is 0 Å². The lowest BCUT2D eigenvalue weighted by molar-refractivity contribution is -0.140. The third-order valence-electron chi connectivity index (χ3n) is 2.60. The minimum Gasteiger partial charge on any atom is -0.469 e. The second kappa shape index (κ2) is 6.69. The first-order valence-corrected chi connectivity index (χ1v) is 7.04. The van der Waals surface area contributed by atoms with E-state index in [1.54, 1.807) is 12.1 Å². The highest BCUT2D eigenvalue weighted by Crippen LogP contribution is 2.10. The number of ether oxygens (including phenoxy) is 1. The molecule has 8 heteroatoms. The molecule has 0 saturated carbocycles. The Labute approximate surface area is 112 Å². The molecular weight excluding hydrogens is 272 g/mol. The van der Waals surface area contributed by atoms with Gasteiger partial charge in [-0.05, 0) is 12.1 Å². The topological polar surface area (TPSA) is 80.1 Å². The molecule has 0 saturated heterocycles. The van der Waals surface area contributed by atoms with Crippen LogP contribution in [0, 0.1) is 0 Å². The fourth-order valence-corrected chi connectivity index (χ4v) is 2.50. The van der Waals surface area contributed by atoms with Crippen LogP contribution < -0.4 is 0 Å². The molecule has 0 amide bonds. The van der Waals surface area contributed by atoms with Crippen LogP contribution in [0.3, 0.4) is 0 Å². The number of nitrogens with zero attached hydrogens (tertiary/aromatic N) is 2. The van der Waals surface area contributed by atoms with Gasteiger partial charge in [0.25, 0.3) is 10.2 Å². The van der Waals surface area contributed by atoms with Crippen molar-refractivity contribution in [2.75, 3.05) is 27.7 Å². The number of carbonyl (C=O) groups is 1. The first kappa shape index (κ1) is 15.7. The third kappa shape index (κ3) is 4.34. The fraction of sp³-hybridized carbons (Fsp3) is 0.545. The summed E-state index contributed by atoms with van der Waals surface area (Å²) in [5.74, 6) is 0.100. The summed E-state index contributed by atoms with van der Waals surface area (Å²) in [4.78, 5) is 11.0. The third-order valence-corrected chi connectivity index (χ3v) is 4.49. The van der Waals surface area contributed by atoms with Gasteiger partial charge in [0.2, 0.25) is 0 Å². The molecule has 0 atom stereocenters. The summed E-state index contributed by atoms with van der Waals surface area (Å²) in [7, 11) is 0.508. The molecule has 0 radical (unpaired) electrons. The van der Waals surface area contributed by atoms with Crippen LogP contribution in [0.4, 0.5) is 0 Å². The van der Waals surface area contributed by atoms with Crippen LogP contribution in [0.2, 0.25) is 0 Å². The van der Waals surface area contributed by atoms with Crippen molar-refractivity contribution in [2.45, 2.75) is 13.0 Å². The molecule has 1 aromatic rings. The van der Waals surface area contributed by atoms with E-state index in [9.17, 15) is 13.2 Å². The maximum atomic E-state index is 12.1. The molecule has 19 heavy (non-hydrogen) atoms. The standard InChI is InChI=1S/C11H18N2O5S/c1-12(7-6-11(14)17-3)19(15,16)13(2)9-10-5-4-8-18-10/h4-5,8H,6-7,9H2,1-3H3. The van der Waals surface area contributed by atoms with Crippen molar-refractivity contribution in [3.63, 3.8) is 0 Å². The lowest BCUT2D eigenvalue weighted by Crippen LogP contribution is -2.40. The van der Waals surface area contributed by atoms with E-state index in [1.165, 1.54) is 27.5 Å².